The second-order valence-corrected chi connectivity index (χ2v) is 10.4. The fourth-order valence-electron chi connectivity index (χ4n) is 3.18. The van der Waals surface area contributed by atoms with Gasteiger partial charge in [-0.3, -0.25) is 14.6 Å². The molecule has 170 valence electrons. The zero-order chi connectivity index (χ0) is 23.3. The molecule has 0 radical (unpaired) electrons. The van der Waals surface area contributed by atoms with E-state index in [0.717, 1.165) is 23.1 Å². The second kappa shape index (κ2) is 10.1. The Hall–Kier alpha value is -2.90. The smallest absolute Gasteiger partial charge is 0.306 e. The molecule has 0 saturated carbocycles. The van der Waals surface area contributed by atoms with E-state index < -0.39 is 33.3 Å². The number of aliphatic carboxylic acids is 1. The molecule has 0 spiro atoms. The van der Waals surface area contributed by atoms with Crippen LogP contribution in [0.15, 0.2) is 39.5 Å². The highest BCUT2D eigenvalue weighted by molar-refractivity contribution is 7.90. The molecule has 0 unspecified atom stereocenters. The van der Waals surface area contributed by atoms with Crippen molar-refractivity contribution in [3.8, 4) is 0 Å². The summed E-state index contributed by atoms with van der Waals surface area (Å²) in [5.41, 5.74) is 11.6. The van der Waals surface area contributed by atoms with E-state index in [1.54, 1.807) is 23.6 Å². The summed E-state index contributed by atoms with van der Waals surface area (Å²) < 4.78 is 34.2. The summed E-state index contributed by atoms with van der Waals surface area (Å²) in [7, 11) is -3.80. The van der Waals surface area contributed by atoms with Gasteiger partial charge in [-0.25, -0.2) is 8.42 Å². The fraction of sp³-hybridized carbons (Fsp3) is 0.316. The number of sulfone groups is 1. The van der Waals surface area contributed by atoms with Gasteiger partial charge < -0.3 is 16.6 Å². The normalized spacial score (nSPS) is 12.5. The molecule has 10 nitrogen and oxygen atoms in total. The van der Waals surface area contributed by atoms with Gasteiger partial charge in [0.25, 0.3) is 0 Å². The molecular weight excluding hydrogens is 474 g/mol. The van der Waals surface area contributed by atoms with E-state index in [9.17, 15) is 23.1 Å². The third kappa shape index (κ3) is 5.66. The number of Topliss-reactive ketones (excluding diaryl/α,β-unsaturated/α-hetero) is 1. The van der Waals surface area contributed by atoms with Gasteiger partial charge in [0.05, 0.1) is 33.2 Å². The van der Waals surface area contributed by atoms with E-state index in [0.29, 0.717) is 23.0 Å². The standard InChI is InChI=1S/C19H21N5O5S3/c20-19(21)22-7-2-3-11(18(26)27)9-14(25)17-12(6-8-30-17)10-32(28,29)15-5-1-4-13-16(15)24-31-23-13/h1,4-6,8,11H,2-3,7,9-10H2,(H,26,27)(H4,20,21,22)/t11-/m1/s1. The van der Waals surface area contributed by atoms with Gasteiger partial charge in [0, 0.05) is 13.0 Å². The number of guanidine groups is 1. The lowest BCUT2D eigenvalue weighted by molar-refractivity contribution is -0.141. The Kier molecular flexibility index (Phi) is 7.53. The van der Waals surface area contributed by atoms with Crippen LogP contribution in [0.4, 0.5) is 0 Å². The number of benzene rings is 1. The number of ketones is 1. The van der Waals surface area contributed by atoms with Crippen molar-refractivity contribution in [1.29, 1.82) is 0 Å². The molecule has 0 amide bonds. The van der Waals surface area contributed by atoms with E-state index in [1.165, 1.54) is 6.07 Å². The summed E-state index contributed by atoms with van der Waals surface area (Å²) in [5.74, 6) is -2.90. The minimum atomic E-state index is -3.80. The Morgan fingerprint density at radius 1 is 1.19 bits per heavy atom. The van der Waals surface area contributed by atoms with Crippen LogP contribution in [0.25, 0.3) is 11.0 Å². The number of carboxylic acid groups (broad SMARTS) is 1. The highest BCUT2D eigenvalue weighted by atomic mass is 32.2. The lowest BCUT2D eigenvalue weighted by Crippen LogP contribution is -2.23. The Labute approximate surface area is 192 Å². The molecule has 0 aliphatic carbocycles. The lowest BCUT2D eigenvalue weighted by atomic mass is 9.96. The van der Waals surface area contributed by atoms with Crippen molar-refractivity contribution in [1.82, 2.24) is 8.75 Å². The van der Waals surface area contributed by atoms with Gasteiger partial charge in [-0.05, 0) is 42.0 Å². The number of hydrogen-bond donors (Lipinski definition) is 3. The van der Waals surface area contributed by atoms with Crippen molar-refractivity contribution >= 4 is 61.6 Å². The van der Waals surface area contributed by atoms with E-state index in [4.69, 9.17) is 11.5 Å². The maximum atomic E-state index is 13.0. The topological polar surface area (TPSA) is 179 Å². The Morgan fingerprint density at radius 3 is 2.69 bits per heavy atom. The van der Waals surface area contributed by atoms with E-state index >= 15 is 0 Å². The molecule has 3 aromatic rings. The fourth-order valence-corrected chi connectivity index (χ4v) is 6.29. The van der Waals surface area contributed by atoms with Crippen molar-refractivity contribution in [3.63, 3.8) is 0 Å². The van der Waals surface area contributed by atoms with Crippen LogP contribution in [-0.4, -0.2) is 46.5 Å². The van der Waals surface area contributed by atoms with Crippen molar-refractivity contribution < 1.29 is 23.1 Å². The van der Waals surface area contributed by atoms with Crippen molar-refractivity contribution in [2.24, 2.45) is 22.4 Å². The summed E-state index contributed by atoms with van der Waals surface area (Å²) in [6, 6.07) is 6.31. The molecule has 0 aliphatic heterocycles. The summed E-state index contributed by atoms with van der Waals surface area (Å²) in [6.07, 6.45) is 0.380. The zero-order valence-electron chi connectivity index (χ0n) is 16.8. The molecule has 32 heavy (non-hydrogen) atoms. The number of hydrogen-bond acceptors (Lipinski definition) is 9. The molecule has 0 bridgehead atoms. The van der Waals surface area contributed by atoms with Gasteiger partial charge in [0.1, 0.15) is 11.0 Å². The average Bonchev–Trinajstić information content (AvgIpc) is 3.38. The minimum Gasteiger partial charge on any atom is -0.481 e. The number of nitrogens with two attached hydrogens (primary N) is 2. The van der Waals surface area contributed by atoms with Crippen LogP contribution in [0.3, 0.4) is 0 Å². The first-order chi connectivity index (χ1) is 15.2. The van der Waals surface area contributed by atoms with Crippen LogP contribution >= 0.6 is 23.1 Å². The first-order valence-electron chi connectivity index (χ1n) is 9.51. The average molecular weight is 496 g/mol. The summed E-state index contributed by atoms with van der Waals surface area (Å²) in [4.78, 5) is 28.5. The second-order valence-electron chi connectivity index (χ2n) is 7.03. The minimum absolute atomic E-state index is 0.0523. The largest absolute Gasteiger partial charge is 0.481 e. The molecule has 0 fully saturated rings. The molecule has 5 N–H and O–H groups in total. The Bertz CT molecular complexity index is 1260. The lowest BCUT2D eigenvalue weighted by Gasteiger charge is -2.11. The van der Waals surface area contributed by atoms with Gasteiger partial charge in [-0.15, -0.1) is 11.3 Å². The number of nitrogens with zero attached hydrogens (tertiary/aromatic N) is 3. The van der Waals surface area contributed by atoms with Crippen molar-refractivity contribution in [2.75, 3.05) is 6.54 Å². The van der Waals surface area contributed by atoms with Crippen LogP contribution in [0.2, 0.25) is 0 Å². The summed E-state index contributed by atoms with van der Waals surface area (Å²) >= 11 is 2.02. The first-order valence-corrected chi connectivity index (χ1v) is 12.8. The highest BCUT2D eigenvalue weighted by Gasteiger charge is 2.27. The Balaban J connectivity index is 1.75. The predicted molar refractivity (Wildman–Crippen MR) is 123 cm³/mol. The van der Waals surface area contributed by atoms with E-state index in [2.05, 4.69) is 13.7 Å². The van der Waals surface area contributed by atoms with E-state index in [1.807, 2.05) is 0 Å². The van der Waals surface area contributed by atoms with Gasteiger partial charge in [0.15, 0.2) is 21.6 Å². The van der Waals surface area contributed by atoms with Crippen LogP contribution in [-0.2, 0) is 20.4 Å². The number of rotatable bonds is 11. The summed E-state index contributed by atoms with van der Waals surface area (Å²) in [6.45, 7) is 0.264. The SMILES string of the molecule is NC(N)=NCCC[C@H](CC(=O)c1sccc1CS(=O)(=O)c1cccc2nsnc12)C(=O)O. The maximum Gasteiger partial charge on any atom is 0.306 e. The number of carbonyl (C=O) groups is 2. The van der Waals surface area contributed by atoms with Gasteiger partial charge in [-0.1, -0.05) is 6.07 Å². The monoisotopic (exact) mass is 495 g/mol. The van der Waals surface area contributed by atoms with Crippen LogP contribution in [0, 0.1) is 5.92 Å². The molecule has 2 heterocycles. The molecule has 13 heteroatoms. The number of thiophene rings is 1. The first kappa shape index (κ1) is 23.8. The van der Waals surface area contributed by atoms with Crippen LogP contribution in [0.5, 0.6) is 0 Å². The number of carboxylic acids is 1. The van der Waals surface area contributed by atoms with Crippen molar-refractivity contribution in [2.45, 2.75) is 29.9 Å². The third-order valence-electron chi connectivity index (χ3n) is 4.72. The molecular formula is C19H21N5O5S3. The number of aromatic nitrogens is 2. The quantitative estimate of drug-likeness (QED) is 0.155. The highest BCUT2D eigenvalue weighted by Crippen LogP contribution is 2.29. The van der Waals surface area contributed by atoms with Gasteiger partial charge in [0.2, 0.25) is 0 Å². The molecule has 1 aromatic carbocycles. The van der Waals surface area contributed by atoms with Crippen LogP contribution in [0.1, 0.15) is 34.5 Å². The number of aliphatic imine (C=N–C) groups is 1. The third-order valence-corrected chi connectivity index (χ3v) is 7.95. The molecule has 0 aliphatic rings. The van der Waals surface area contributed by atoms with Gasteiger partial charge in [-0.2, -0.15) is 8.75 Å². The van der Waals surface area contributed by atoms with Gasteiger partial charge >= 0.3 is 5.97 Å². The zero-order valence-corrected chi connectivity index (χ0v) is 19.3. The van der Waals surface area contributed by atoms with E-state index in [-0.39, 0.29) is 35.1 Å². The van der Waals surface area contributed by atoms with Crippen molar-refractivity contribution in [3.05, 3.63) is 40.1 Å². The molecule has 0 saturated heterocycles. The molecule has 1 atom stereocenters. The summed E-state index contributed by atoms with van der Waals surface area (Å²) in [5, 5.41) is 11.1. The van der Waals surface area contributed by atoms with Crippen LogP contribution < -0.4 is 11.5 Å². The number of carbonyl (C=O) groups excluding carboxylic acids is 1. The molecule has 2 aromatic heterocycles. The Morgan fingerprint density at radius 2 is 1.97 bits per heavy atom. The maximum absolute atomic E-state index is 13.0. The number of fused-ring (bicyclic) bond motifs is 1. The molecule has 3 rings (SSSR count). The predicted octanol–water partition coefficient (Wildman–Crippen LogP) is 2.05.